The van der Waals surface area contributed by atoms with Crippen molar-refractivity contribution in [3.8, 4) is 0 Å². The van der Waals surface area contributed by atoms with Gasteiger partial charge in [-0.25, -0.2) is 0 Å². The molecule has 15 heavy (non-hydrogen) atoms. The molecule has 1 nitrogen and oxygen atoms in total. The second-order valence-corrected chi connectivity index (χ2v) is 6.91. The largest absolute Gasteiger partial charge is 0.320 e. The predicted molar refractivity (Wildman–Crippen MR) is 77.2 cm³/mol. The summed E-state index contributed by atoms with van der Waals surface area (Å²) in [5, 5.41) is 0. The minimum absolute atomic E-state index is 0.0155. The number of thiophene rings is 1. The van der Waals surface area contributed by atoms with Crippen molar-refractivity contribution in [3.05, 3.63) is 54.2 Å². The van der Waals surface area contributed by atoms with Crippen molar-refractivity contribution < 1.29 is 0 Å². The highest BCUT2D eigenvalue weighted by Gasteiger charge is 2.10. The first-order chi connectivity index (χ1) is 7.16. The van der Waals surface area contributed by atoms with Gasteiger partial charge < -0.3 is 5.73 Å². The third kappa shape index (κ3) is 2.81. The predicted octanol–water partition coefficient (Wildman–Crippen LogP) is 4.16. The first-order valence-electron chi connectivity index (χ1n) is 4.43. The lowest BCUT2D eigenvalue weighted by molar-refractivity contribution is 0.893. The van der Waals surface area contributed by atoms with Crippen LogP contribution in [0.15, 0.2) is 40.2 Å². The molecule has 0 fully saturated rings. The van der Waals surface area contributed by atoms with Gasteiger partial charge in [0.25, 0.3) is 0 Å². The van der Waals surface area contributed by atoms with E-state index in [2.05, 4.69) is 68.9 Å². The Morgan fingerprint density at radius 1 is 1.13 bits per heavy atom. The second kappa shape index (κ2) is 4.95. The van der Waals surface area contributed by atoms with Gasteiger partial charge in [0.15, 0.2) is 0 Å². The summed E-state index contributed by atoms with van der Waals surface area (Å²) in [5.41, 5.74) is 7.32. The fraction of sp³-hybridized carbons (Fsp3) is 0.0909. The van der Waals surface area contributed by atoms with Crippen LogP contribution in [-0.2, 0) is 0 Å². The molecule has 0 saturated heterocycles. The van der Waals surface area contributed by atoms with E-state index in [0.717, 1.165) is 9.35 Å². The Labute approximate surface area is 115 Å². The van der Waals surface area contributed by atoms with Gasteiger partial charge in [0.2, 0.25) is 0 Å². The zero-order valence-corrected chi connectivity index (χ0v) is 12.3. The number of benzene rings is 1. The first-order valence-corrected chi connectivity index (χ1v) is 7.12. The van der Waals surface area contributed by atoms with E-state index >= 15 is 0 Å². The van der Waals surface area contributed by atoms with Crippen LogP contribution >= 0.6 is 49.9 Å². The number of hydrogen-bond acceptors (Lipinski definition) is 2. The minimum Gasteiger partial charge on any atom is -0.320 e. The summed E-state index contributed by atoms with van der Waals surface area (Å²) in [7, 11) is 0. The summed E-state index contributed by atoms with van der Waals surface area (Å²) < 4.78 is 2.36. The molecule has 1 atom stereocenters. The van der Waals surface area contributed by atoms with Gasteiger partial charge in [-0.2, -0.15) is 0 Å². The Morgan fingerprint density at radius 3 is 2.33 bits per heavy atom. The van der Waals surface area contributed by atoms with Gasteiger partial charge >= 0.3 is 0 Å². The van der Waals surface area contributed by atoms with E-state index in [-0.39, 0.29) is 6.04 Å². The molecule has 4 heteroatoms. The van der Waals surface area contributed by atoms with Crippen LogP contribution in [0.25, 0.3) is 0 Å². The van der Waals surface area contributed by atoms with Crippen LogP contribution in [0, 0.1) is 3.57 Å². The molecule has 0 amide bonds. The average Bonchev–Trinajstić information content (AvgIpc) is 2.65. The zero-order chi connectivity index (χ0) is 10.8. The van der Waals surface area contributed by atoms with E-state index in [9.17, 15) is 0 Å². The van der Waals surface area contributed by atoms with Gasteiger partial charge in [-0.15, -0.1) is 11.3 Å². The van der Waals surface area contributed by atoms with Gasteiger partial charge in [0, 0.05) is 8.45 Å². The van der Waals surface area contributed by atoms with Crippen molar-refractivity contribution in [2.75, 3.05) is 0 Å². The molecule has 1 heterocycles. The Kier molecular flexibility index (Phi) is 3.82. The van der Waals surface area contributed by atoms with E-state index in [1.807, 2.05) is 6.07 Å². The number of hydrogen-bond donors (Lipinski definition) is 1. The van der Waals surface area contributed by atoms with E-state index < -0.39 is 0 Å². The van der Waals surface area contributed by atoms with Crippen LogP contribution in [0.4, 0.5) is 0 Å². The van der Waals surface area contributed by atoms with Crippen LogP contribution in [0.2, 0.25) is 0 Å². The SMILES string of the molecule is NC(c1ccc(I)cc1)c1ccc(Br)s1. The van der Waals surface area contributed by atoms with E-state index in [0.29, 0.717) is 0 Å². The lowest BCUT2D eigenvalue weighted by Gasteiger charge is -2.09. The van der Waals surface area contributed by atoms with E-state index in [4.69, 9.17) is 5.73 Å². The van der Waals surface area contributed by atoms with Crippen molar-refractivity contribution in [2.45, 2.75) is 6.04 Å². The van der Waals surface area contributed by atoms with Crippen molar-refractivity contribution in [3.63, 3.8) is 0 Å². The van der Waals surface area contributed by atoms with Gasteiger partial charge in [-0.05, 0) is 68.3 Å². The molecule has 2 aromatic rings. The van der Waals surface area contributed by atoms with Gasteiger partial charge in [0.1, 0.15) is 0 Å². The maximum absolute atomic E-state index is 6.17. The summed E-state index contributed by atoms with van der Waals surface area (Å²) in [4.78, 5) is 1.18. The lowest BCUT2D eigenvalue weighted by Crippen LogP contribution is -2.09. The Hall–Kier alpha value is 0.0900. The molecular formula is C11H9BrINS. The molecule has 0 aliphatic carbocycles. The van der Waals surface area contributed by atoms with Crippen molar-refractivity contribution in [2.24, 2.45) is 5.73 Å². The Bertz CT molecular complexity index is 452. The maximum Gasteiger partial charge on any atom is 0.0702 e. The van der Waals surface area contributed by atoms with Crippen molar-refractivity contribution in [1.82, 2.24) is 0 Å². The molecule has 78 valence electrons. The molecule has 2 rings (SSSR count). The summed E-state index contributed by atoms with van der Waals surface area (Å²) in [6, 6.07) is 12.4. The second-order valence-electron chi connectivity index (χ2n) is 3.17. The molecular weight excluding hydrogens is 385 g/mol. The highest BCUT2D eigenvalue weighted by molar-refractivity contribution is 14.1. The zero-order valence-electron chi connectivity index (χ0n) is 7.78. The molecule has 0 saturated carbocycles. The highest BCUT2D eigenvalue weighted by Crippen LogP contribution is 2.29. The quantitative estimate of drug-likeness (QED) is 0.761. The molecule has 2 N–H and O–H groups in total. The smallest absolute Gasteiger partial charge is 0.0702 e. The molecule has 0 aliphatic rings. The summed E-state index contributed by atoms with van der Waals surface area (Å²) >= 11 is 7.42. The standard InChI is InChI=1S/C11H9BrINS/c12-10-6-5-9(15-10)11(14)7-1-3-8(13)4-2-7/h1-6,11H,14H2. The molecule has 1 aromatic heterocycles. The highest BCUT2D eigenvalue weighted by atomic mass is 127. The molecule has 0 spiro atoms. The molecule has 0 radical (unpaired) electrons. The normalized spacial score (nSPS) is 12.7. The van der Waals surface area contributed by atoms with Crippen molar-refractivity contribution in [1.29, 1.82) is 0 Å². The number of halogens is 2. The number of nitrogens with two attached hydrogens (primary N) is 1. The van der Waals surface area contributed by atoms with E-state index in [1.165, 1.54) is 8.45 Å². The average molecular weight is 394 g/mol. The molecule has 0 aliphatic heterocycles. The summed E-state index contributed by atoms with van der Waals surface area (Å²) in [6.07, 6.45) is 0. The monoisotopic (exact) mass is 393 g/mol. The van der Waals surface area contributed by atoms with Gasteiger partial charge in [-0.3, -0.25) is 0 Å². The van der Waals surface area contributed by atoms with E-state index in [1.54, 1.807) is 11.3 Å². The third-order valence-electron chi connectivity index (χ3n) is 2.13. The Morgan fingerprint density at radius 2 is 1.80 bits per heavy atom. The maximum atomic E-state index is 6.17. The summed E-state index contributed by atoms with van der Waals surface area (Å²) in [6.45, 7) is 0. The fourth-order valence-corrected chi connectivity index (χ4v) is 3.14. The van der Waals surface area contributed by atoms with Gasteiger partial charge in [-0.1, -0.05) is 12.1 Å². The molecule has 1 unspecified atom stereocenters. The first kappa shape index (κ1) is 11.6. The van der Waals surface area contributed by atoms with Crippen molar-refractivity contribution >= 4 is 49.9 Å². The minimum atomic E-state index is -0.0155. The number of rotatable bonds is 2. The fourth-order valence-electron chi connectivity index (χ4n) is 1.33. The third-order valence-corrected chi connectivity index (χ3v) is 4.56. The molecule has 1 aromatic carbocycles. The lowest BCUT2D eigenvalue weighted by atomic mass is 10.1. The Balaban J connectivity index is 2.28. The van der Waals surface area contributed by atoms with Crippen LogP contribution < -0.4 is 5.73 Å². The molecule has 0 bridgehead atoms. The van der Waals surface area contributed by atoms with Crippen LogP contribution in [0.1, 0.15) is 16.5 Å². The van der Waals surface area contributed by atoms with Crippen LogP contribution in [-0.4, -0.2) is 0 Å². The van der Waals surface area contributed by atoms with Gasteiger partial charge in [0.05, 0.1) is 9.83 Å². The van der Waals surface area contributed by atoms with Crippen LogP contribution in [0.5, 0.6) is 0 Å². The summed E-state index contributed by atoms with van der Waals surface area (Å²) in [5.74, 6) is 0. The van der Waals surface area contributed by atoms with Crippen LogP contribution in [0.3, 0.4) is 0 Å². The topological polar surface area (TPSA) is 26.0 Å².